The first-order chi connectivity index (χ1) is 10.2. The minimum Gasteiger partial charge on any atom is -0.478 e. The Morgan fingerprint density at radius 1 is 1.05 bits per heavy atom. The number of aromatic carboxylic acids is 1. The Labute approximate surface area is 121 Å². The summed E-state index contributed by atoms with van der Waals surface area (Å²) in [6.07, 6.45) is 3.55. The summed E-state index contributed by atoms with van der Waals surface area (Å²) in [5, 5.41) is 13.4. The Morgan fingerprint density at radius 2 is 1.81 bits per heavy atom. The molecule has 3 aromatic rings. The SMILES string of the molecule is Nc1c(C(=O)O)cccc1-n1cc(-c2ccccc2)cn1. The van der Waals surface area contributed by atoms with Gasteiger partial charge in [0.05, 0.1) is 23.1 Å². The molecule has 0 aliphatic rings. The number of hydrogen-bond acceptors (Lipinski definition) is 3. The van der Waals surface area contributed by atoms with Crippen LogP contribution in [-0.2, 0) is 0 Å². The highest BCUT2D eigenvalue weighted by Gasteiger charge is 2.13. The van der Waals surface area contributed by atoms with Crippen LogP contribution in [-0.4, -0.2) is 20.9 Å². The molecule has 21 heavy (non-hydrogen) atoms. The molecule has 0 radical (unpaired) electrons. The molecule has 104 valence electrons. The van der Waals surface area contributed by atoms with Crippen molar-refractivity contribution in [2.45, 2.75) is 0 Å². The third-order valence-corrected chi connectivity index (χ3v) is 3.25. The molecule has 1 heterocycles. The Bertz CT molecular complexity index is 794. The van der Waals surface area contributed by atoms with Gasteiger partial charge in [-0.3, -0.25) is 0 Å². The van der Waals surface area contributed by atoms with Crippen molar-refractivity contribution in [2.75, 3.05) is 5.73 Å². The molecule has 0 spiro atoms. The first kappa shape index (κ1) is 12.9. The summed E-state index contributed by atoms with van der Waals surface area (Å²) in [6.45, 7) is 0. The second kappa shape index (κ2) is 5.13. The number of nitrogen functional groups attached to an aromatic ring is 1. The molecule has 0 bridgehead atoms. The first-order valence-electron chi connectivity index (χ1n) is 6.39. The number of aromatic nitrogens is 2. The largest absolute Gasteiger partial charge is 0.478 e. The van der Waals surface area contributed by atoms with Crippen LogP contribution in [0.4, 0.5) is 5.69 Å². The Hall–Kier alpha value is -3.08. The van der Waals surface area contributed by atoms with Gasteiger partial charge in [0.15, 0.2) is 0 Å². The van der Waals surface area contributed by atoms with Crippen molar-refractivity contribution in [3.8, 4) is 16.8 Å². The van der Waals surface area contributed by atoms with E-state index < -0.39 is 5.97 Å². The maximum absolute atomic E-state index is 11.1. The lowest BCUT2D eigenvalue weighted by Gasteiger charge is -2.07. The summed E-state index contributed by atoms with van der Waals surface area (Å²) in [5.41, 5.74) is 8.73. The van der Waals surface area contributed by atoms with E-state index in [4.69, 9.17) is 10.8 Å². The third kappa shape index (κ3) is 2.36. The van der Waals surface area contributed by atoms with Crippen molar-refractivity contribution >= 4 is 11.7 Å². The zero-order valence-corrected chi connectivity index (χ0v) is 11.1. The van der Waals surface area contributed by atoms with Gasteiger partial charge in [0.2, 0.25) is 0 Å². The number of benzene rings is 2. The molecule has 1 aromatic heterocycles. The molecule has 0 aliphatic carbocycles. The Kier molecular flexibility index (Phi) is 3.16. The minimum atomic E-state index is -1.05. The van der Waals surface area contributed by atoms with E-state index in [0.29, 0.717) is 5.69 Å². The number of hydrogen-bond donors (Lipinski definition) is 2. The Morgan fingerprint density at radius 3 is 2.52 bits per heavy atom. The van der Waals surface area contributed by atoms with E-state index in [9.17, 15) is 4.79 Å². The lowest BCUT2D eigenvalue weighted by Crippen LogP contribution is -2.07. The number of carbonyl (C=O) groups is 1. The zero-order chi connectivity index (χ0) is 14.8. The molecular formula is C16H13N3O2. The number of carboxylic acid groups (broad SMARTS) is 1. The van der Waals surface area contributed by atoms with E-state index in [-0.39, 0.29) is 11.3 Å². The van der Waals surface area contributed by atoms with Gasteiger partial charge in [-0.15, -0.1) is 0 Å². The summed E-state index contributed by atoms with van der Waals surface area (Å²) < 4.78 is 1.59. The topological polar surface area (TPSA) is 81.1 Å². The van der Waals surface area contributed by atoms with Crippen LogP contribution in [0.3, 0.4) is 0 Å². The van der Waals surface area contributed by atoms with Gasteiger partial charge >= 0.3 is 5.97 Å². The average molecular weight is 279 g/mol. The van der Waals surface area contributed by atoms with Crippen molar-refractivity contribution in [3.63, 3.8) is 0 Å². The number of para-hydroxylation sites is 1. The van der Waals surface area contributed by atoms with E-state index >= 15 is 0 Å². The molecule has 0 unspecified atom stereocenters. The normalized spacial score (nSPS) is 10.5. The van der Waals surface area contributed by atoms with Crippen LogP contribution in [0.1, 0.15) is 10.4 Å². The molecule has 3 rings (SSSR count). The van der Waals surface area contributed by atoms with E-state index in [1.165, 1.54) is 6.07 Å². The number of nitrogens with two attached hydrogens (primary N) is 1. The van der Waals surface area contributed by atoms with Crippen LogP contribution in [0.5, 0.6) is 0 Å². The smallest absolute Gasteiger partial charge is 0.337 e. The molecule has 2 aromatic carbocycles. The fourth-order valence-corrected chi connectivity index (χ4v) is 2.17. The predicted octanol–water partition coefficient (Wildman–Crippen LogP) is 2.82. The fourth-order valence-electron chi connectivity index (χ4n) is 2.17. The van der Waals surface area contributed by atoms with E-state index in [1.807, 2.05) is 36.5 Å². The van der Waals surface area contributed by atoms with Crippen LogP contribution < -0.4 is 5.73 Å². The lowest BCUT2D eigenvalue weighted by molar-refractivity contribution is 0.0698. The average Bonchev–Trinajstić information content (AvgIpc) is 2.98. The molecule has 0 saturated carbocycles. The summed E-state index contributed by atoms with van der Waals surface area (Å²) >= 11 is 0. The molecule has 5 heteroatoms. The fraction of sp³-hybridized carbons (Fsp3) is 0. The van der Waals surface area contributed by atoms with Crippen LogP contribution in [0.15, 0.2) is 60.9 Å². The second-order valence-electron chi connectivity index (χ2n) is 4.58. The van der Waals surface area contributed by atoms with Gasteiger partial charge in [-0.1, -0.05) is 36.4 Å². The van der Waals surface area contributed by atoms with Gasteiger partial charge in [-0.25, -0.2) is 9.48 Å². The molecule has 0 fully saturated rings. The van der Waals surface area contributed by atoms with Gasteiger partial charge in [0.25, 0.3) is 0 Å². The number of rotatable bonds is 3. The molecule has 0 atom stereocenters. The van der Waals surface area contributed by atoms with Gasteiger partial charge in [0, 0.05) is 11.8 Å². The van der Waals surface area contributed by atoms with E-state index in [2.05, 4.69) is 5.10 Å². The van der Waals surface area contributed by atoms with Gasteiger partial charge in [-0.2, -0.15) is 5.10 Å². The van der Waals surface area contributed by atoms with Crippen molar-refractivity contribution in [1.82, 2.24) is 9.78 Å². The zero-order valence-electron chi connectivity index (χ0n) is 11.1. The lowest BCUT2D eigenvalue weighted by atomic mass is 10.1. The van der Waals surface area contributed by atoms with Crippen molar-refractivity contribution in [1.29, 1.82) is 0 Å². The number of anilines is 1. The highest BCUT2D eigenvalue weighted by molar-refractivity contribution is 5.95. The molecule has 0 saturated heterocycles. The van der Waals surface area contributed by atoms with Crippen molar-refractivity contribution in [3.05, 3.63) is 66.5 Å². The highest BCUT2D eigenvalue weighted by atomic mass is 16.4. The molecular weight excluding hydrogens is 266 g/mol. The van der Waals surface area contributed by atoms with Crippen molar-refractivity contribution in [2.24, 2.45) is 0 Å². The highest BCUT2D eigenvalue weighted by Crippen LogP contribution is 2.24. The van der Waals surface area contributed by atoms with E-state index in [0.717, 1.165) is 11.1 Å². The summed E-state index contributed by atoms with van der Waals surface area (Å²) in [4.78, 5) is 11.1. The number of nitrogens with zero attached hydrogens (tertiary/aromatic N) is 2. The van der Waals surface area contributed by atoms with Crippen LogP contribution in [0.25, 0.3) is 16.8 Å². The van der Waals surface area contributed by atoms with E-state index in [1.54, 1.807) is 23.0 Å². The minimum absolute atomic E-state index is 0.0734. The first-order valence-corrected chi connectivity index (χ1v) is 6.39. The predicted molar refractivity (Wildman–Crippen MR) is 80.4 cm³/mol. The maximum Gasteiger partial charge on any atom is 0.337 e. The molecule has 5 nitrogen and oxygen atoms in total. The second-order valence-corrected chi connectivity index (χ2v) is 4.58. The summed E-state index contributed by atoms with van der Waals surface area (Å²) in [6, 6.07) is 14.7. The third-order valence-electron chi connectivity index (χ3n) is 3.25. The maximum atomic E-state index is 11.1. The monoisotopic (exact) mass is 279 g/mol. The summed E-state index contributed by atoms with van der Waals surface area (Å²) in [5.74, 6) is -1.05. The van der Waals surface area contributed by atoms with Gasteiger partial charge in [-0.05, 0) is 17.7 Å². The van der Waals surface area contributed by atoms with Crippen LogP contribution >= 0.6 is 0 Å². The summed E-state index contributed by atoms with van der Waals surface area (Å²) in [7, 11) is 0. The van der Waals surface area contributed by atoms with Gasteiger partial charge in [0.1, 0.15) is 0 Å². The standard InChI is InChI=1S/C16H13N3O2/c17-15-13(16(20)21)7-4-8-14(15)19-10-12(9-18-19)11-5-2-1-3-6-11/h1-10H,17H2,(H,20,21). The van der Waals surface area contributed by atoms with Gasteiger partial charge < -0.3 is 10.8 Å². The van der Waals surface area contributed by atoms with Crippen molar-refractivity contribution < 1.29 is 9.90 Å². The number of carboxylic acids is 1. The molecule has 0 aliphatic heterocycles. The molecule has 3 N–H and O–H groups in total. The molecule has 0 amide bonds. The van der Waals surface area contributed by atoms with Crippen LogP contribution in [0, 0.1) is 0 Å². The quantitative estimate of drug-likeness (QED) is 0.722. The Balaban J connectivity index is 2.05. The van der Waals surface area contributed by atoms with Crippen LogP contribution in [0.2, 0.25) is 0 Å².